The molecule has 6 heteroatoms. The Morgan fingerprint density at radius 1 is 0.667 bits per heavy atom. The molecule has 2 N–H and O–H groups in total. The second-order valence-corrected chi connectivity index (χ2v) is 9.27. The third kappa shape index (κ3) is 5.87. The van der Waals surface area contributed by atoms with E-state index in [1.807, 2.05) is 60.7 Å². The predicted molar refractivity (Wildman–Crippen MR) is 131 cm³/mol. The molecule has 0 aromatic heterocycles. The second kappa shape index (κ2) is 10.1. The molecule has 0 radical (unpaired) electrons. The molecule has 4 aromatic rings. The zero-order valence-corrected chi connectivity index (χ0v) is 18.8. The molecular formula is C27H24N2O3S. The summed E-state index contributed by atoms with van der Waals surface area (Å²) in [6.45, 7) is 0.217. The lowest BCUT2D eigenvalue weighted by molar-refractivity contribution is -0.120. The summed E-state index contributed by atoms with van der Waals surface area (Å²) in [7, 11) is -3.71. The first kappa shape index (κ1) is 22.3. The number of anilines is 1. The highest BCUT2D eigenvalue weighted by Crippen LogP contribution is 2.21. The van der Waals surface area contributed by atoms with Crippen molar-refractivity contribution in [3.63, 3.8) is 0 Å². The van der Waals surface area contributed by atoms with Crippen LogP contribution in [0.5, 0.6) is 0 Å². The lowest BCUT2D eigenvalue weighted by atomic mass is 10.0. The van der Waals surface area contributed by atoms with Crippen LogP contribution in [-0.4, -0.2) is 14.3 Å². The van der Waals surface area contributed by atoms with Crippen LogP contribution < -0.4 is 10.0 Å². The van der Waals surface area contributed by atoms with Gasteiger partial charge in [-0.2, -0.15) is 0 Å². The van der Waals surface area contributed by atoms with E-state index in [0.717, 1.165) is 16.7 Å². The van der Waals surface area contributed by atoms with E-state index in [4.69, 9.17) is 0 Å². The van der Waals surface area contributed by atoms with E-state index in [9.17, 15) is 13.2 Å². The third-order valence-corrected chi connectivity index (χ3v) is 6.60. The van der Waals surface area contributed by atoms with Gasteiger partial charge in [0.1, 0.15) is 0 Å². The molecule has 0 saturated carbocycles. The summed E-state index contributed by atoms with van der Waals surface area (Å²) in [6.07, 6.45) is 0.243. The highest BCUT2D eigenvalue weighted by Gasteiger charge is 2.15. The van der Waals surface area contributed by atoms with Gasteiger partial charge in [0.25, 0.3) is 10.0 Å². The van der Waals surface area contributed by atoms with Crippen molar-refractivity contribution in [2.45, 2.75) is 17.9 Å². The number of para-hydroxylation sites is 1. The maximum Gasteiger partial charge on any atom is 0.261 e. The Morgan fingerprint density at radius 2 is 1.24 bits per heavy atom. The van der Waals surface area contributed by atoms with Crippen molar-refractivity contribution in [2.24, 2.45) is 0 Å². The van der Waals surface area contributed by atoms with Crippen LogP contribution in [0.3, 0.4) is 0 Å². The number of carbonyl (C=O) groups is 1. The van der Waals surface area contributed by atoms with Gasteiger partial charge in [-0.05, 0) is 40.5 Å². The monoisotopic (exact) mass is 456 g/mol. The van der Waals surface area contributed by atoms with E-state index in [1.165, 1.54) is 12.1 Å². The van der Waals surface area contributed by atoms with Gasteiger partial charge < -0.3 is 5.32 Å². The minimum atomic E-state index is -3.71. The van der Waals surface area contributed by atoms with Crippen LogP contribution in [0.2, 0.25) is 0 Å². The Balaban J connectivity index is 1.38. The summed E-state index contributed by atoms with van der Waals surface area (Å²) >= 11 is 0. The molecule has 0 aliphatic carbocycles. The molecule has 0 unspecified atom stereocenters. The Labute approximate surface area is 194 Å². The largest absolute Gasteiger partial charge is 0.352 e. The average Bonchev–Trinajstić information content (AvgIpc) is 2.85. The Morgan fingerprint density at radius 3 is 1.94 bits per heavy atom. The van der Waals surface area contributed by atoms with Gasteiger partial charge in [0.2, 0.25) is 5.91 Å². The van der Waals surface area contributed by atoms with Gasteiger partial charge in [0.15, 0.2) is 0 Å². The number of sulfonamides is 1. The average molecular weight is 457 g/mol. The zero-order valence-electron chi connectivity index (χ0n) is 17.9. The number of amides is 1. The maximum absolute atomic E-state index is 12.7. The van der Waals surface area contributed by atoms with Crippen LogP contribution >= 0.6 is 0 Å². The molecule has 166 valence electrons. The van der Waals surface area contributed by atoms with Crippen LogP contribution in [-0.2, 0) is 27.8 Å². The minimum absolute atomic E-state index is 0.136. The van der Waals surface area contributed by atoms with E-state index < -0.39 is 10.0 Å². The topological polar surface area (TPSA) is 75.3 Å². The number of nitrogens with one attached hydrogen (secondary N) is 2. The molecule has 0 bridgehead atoms. The smallest absolute Gasteiger partial charge is 0.261 e. The molecule has 4 rings (SSSR count). The Bertz CT molecular complexity index is 1320. The van der Waals surface area contributed by atoms with Crippen molar-refractivity contribution in [3.05, 3.63) is 120 Å². The molecule has 0 aliphatic rings. The van der Waals surface area contributed by atoms with Crippen LogP contribution in [0.4, 0.5) is 5.69 Å². The van der Waals surface area contributed by atoms with E-state index in [0.29, 0.717) is 11.3 Å². The van der Waals surface area contributed by atoms with Gasteiger partial charge in [0, 0.05) is 6.54 Å². The van der Waals surface area contributed by atoms with E-state index >= 15 is 0 Å². The van der Waals surface area contributed by atoms with Crippen molar-refractivity contribution in [3.8, 4) is 11.1 Å². The fourth-order valence-corrected chi connectivity index (χ4v) is 4.59. The number of hydrogen-bond acceptors (Lipinski definition) is 3. The SMILES string of the molecule is O=C(Cc1ccc(-c2ccccc2)cc1)NCc1ccccc1NS(=O)(=O)c1ccccc1. The first-order valence-corrected chi connectivity index (χ1v) is 12.1. The molecule has 33 heavy (non-hydrogen) atoms. The van der Waals surface area contributed by atoms with Crippen molar-refractivity contribution in [1.29, 1.82) is 0 Å². The highest BCUT2D eigenvalue weighted by atomic mass is 32.2. The lowest BCUT2D eigenvalue weighted by Gasteiger charge is -2.13. The molecule has 1 amide bonds. The fraction of sp³-hybridized carbons (Fsp3) is 0.0741. The summed E-state index contributed by atoms with van der Waals surface area (Å²) in [6, 6.07) is 33.2. The van der Waals surface area contributed by atoms with Gasteiger partial charge >= 0.3 is 0 Å². The maximum atomic E-state index is 12.7. The predicted octanol–water partition coefficient (Wildman–Crippen LogP) is 5.01. The van der Waals surface area contributed by atoms with Gasteiger partial charge in [-0.1, -0.05) is 91.0 Å². The molecule has 4 aromatic carbocycles. The second-order valence-electron chi connectivity index (χ2n) is 7.59. The van der Waals surface area contributed by atoms with Gasteiger partial charge in [0.05, 0.1) is 17.0 Å². The number of carbonyl (C=O) groups excluding carboxylic acids is 1. The number of benzene rings is 4. The van der Waals surface area contributed by atoms with E-state index in [2.05, 4.69) is 10.0 Å². The minimum Gasteiger partial charge on any atom is -0.352 e. The first-order valence-electron chi connectivity index (χ1n) is 10.6. The third-order valence-electron chi connectivity index (χ3n) is 5.22. The summed E-state index contributed by atoms with van der Waals surface area (Å²) in [4.78, 5) is 12.7. The molecule has 0 aliphatic heterocycles. The van der Waals surface area contributed by atoms with E-state index in [-0.39, 0.29) is 23.8 Å². The first-order chi connectivity index (χ1) is 16.0. The van der Waals surface area contributed by atoms with Crippen molar-refractivity contribution >= 4 is 21.6 Å². The molecular weight excluding hydrogens is 432 g/mol. The van der Waals surface area contributed by atoms with Crippen molar-refractivity contribution in [2.75, 3.05) is 4.72 Å². The summed E-state index contributed by atoms with van der Waals surface area (Å²) in [5.74, 6) is -0.136. The van der Waals surface area contributed by atoms with Crippen molar-refractivity contribution in [1.82, 2.24) is 5.32 Å². The standard InChI is InChI=1S/C27H24N2O3S/c30-27(19-21-15-17-23(18-16-21)22-9-3-1-4-10-22)28-20-24-11-7-8-14-26(24)29-33(31,32)25-12-5-2-6-13-25/h1-18,29H,19-20H2,(H,28,30). The summed E-state index contributed by atoms with van der Waals surface area (Å²) in [5, 5.41) is 2.89. The van der Waals surface area contributed by atoms with Crippen LogP contribution in [0.15, 0.2) is 114 Å². The summed E-state index contributed by atoms with van der Waals surface area (Å²) < 4.78 is 27.9. The molecule has 0 atom stereocenters. The van der Waals surface area contributed by atoms with Crippen LogP contribution in [0, 0.1) is 0 Å². The summed E-state index contributed by atoms with van der Waals surface area (Å²) in [5.41, 5.74) is 4.26. The van der Waals surface area contributed by atoms with Crippen LogP contribution in [0.1, 0.15) is 11.1 Å². The van der Waals surface area contributed by atoms with Crippen LogP contribution in [0.25, 0.3) is 11.1 Å². The number of hydrogen-bond donors (Lipinski definition) is 2. The van der Waals surface area contributed by atoms with Crippen molar-refractivity contribution < 1.29 is 13.2 Å². The molecule has 0 heterocycles. The number of rotatable bonds is 8. The zero-order chi connectivity index (χ0) is 23.1. The highest BCUT2D eigenvalue weighted by molar-refractivity contribution is 7.92. The fourth-order valence-electron chi connectivity index (χ4n) is 3.46. The normalized spacial score (nSPS) is 11.0. The molecule has 5 nitrogen and oxygen atoms in total. The van der Waals surface area contributed by atoms with Gasteiger partial charge in [-0.3, -0.25) is 9.52 Å². The molecule has 0 spiro atoms. The Hall–Kier alpha value is -3.90. The Kier molecular flexibility index (Phi) is 6.86. The van der Waals surface area contributed by atoms with Gasteiger partial charge in [-0.25, -0.2) is 8.42 Å². The molecule has 0 fully saturated rings. The quantitative estimate of drug-likeness (QED) is 0.391. The van der Waals surface area contributed by atoms with E-state index in [1.54, 1.807) is 36.4 Å². The van der Waals surface area contributed by atoms with Gasteiger partial charge in [-0.15, -0.1) is 0 Å². The lowest BCUT2D eigenvalue weighted by Crippen LogP contribution is -2.25. The molecule has 0 saturated heterocycles.